The number of nitrogens with zero attached hydrogens (tertiary/aromatic N) is 1. The van der Waals surface area contributed by atoms with Crippen molar-refractivity contribution in [1.29, 1.82) is 0 Å². The lowest BCUT2D eigenvalue weighted by molar-refractivity contribution is -0.00467. The molecule has 2 N–H and O–H groups in total. The molecule has 0 spiro atoms. The lowest BCUT2D eigenvalue weighted by Crippen LogP contribution is -2.21. The molecule has 1 aliphatic heterocycles. The second kappa shape index (κ2) is 4.63. The molecule has 0 saturated carbocycles. The van der Waals surface area contributed by atoms with Gasteiger partial charge in [-0.25, -0.2) is 4.98 Å². The fraction of sp³-hybridized carbons (Fsp3) is 0.583. The second-order valence-corrected chi connectivity index (χ2v) is 5.82. The highest BCUT2D eigenvalue weighted by atomic mass is 32.2. The van der Waals surface area contributed by atoms with Crippen molar-refractivity contribution in [3.63, 3.8) is 0 Å². The molecule has 0 amide bonds. The van der Waals surface area contributed by atoms with E-state index in [0.29, 0.717) is 11.8 Å². The van der Waals surface area contributed by atoms with Gasteiger partial charge in [0.15, 0.2) is 0 Å². The summed E-state index contributed by atoms with van der Waals surface area (Å²) in [6, 6.07) is 3.84. The summed E-state index contributed by atoms with van der Waals surface area (Å²) in [6.07, 6.45) is 4.35. The molecule has 0 aromatic carbocycles. The zero-order valence-electron chi connectivity index (χ0n) is 9.77. The van der Waals surface area contributed by atoms with Crippen LogP contribution in [0.3, 0.4) is 0 Å². The maximum Gasteiger partial charge on any atom is 0.0962 e. The van der Waals surface area contributed by atoms with Crippen LogP contribution >= 0.6 is 11.8 Å². The van der Waals surface area contributed by atoms with Crippen LogP contribution < -0.4 is 5.73 Å². The first-order valence-electron chi connectivity index (χ1n) is 5.57. The number of thioether (sulfide) groups is 1. The standard InChI is InChI=1S/C12H18N2OS/c1-12(2)6-5-10(15-12)8-16-11-4-3-9(13)7-14-11/h3-4,7,10H,5-6,8,13H2,1-2H3. The largest absolute Gasteiger partial charge is 0.397 e. The topological polar surface area (TPSA) is 48.1 Å². The van der Waals surface area contributed by atoms with Gasteiger partial charge in [-0.3, -0.25) is 0 Å². The third-order valence-corrected chi connectivity index (χ3v) is 3.81. The average Bonchev–Trinajstić information content (AvgIpc) is 2.58. The molecule has 2 rings (SSSR count). The summed E-state index contributed by atoms with van der Waals surface area (Å²) >= 11 is 1.74. The summed E-state index contributed by atoms with van der Waals surface area (Å²) < 4.78 is 5.92. The summed E-state index contributed by atoms with van der Waals surface area (Å²) in [4.78, 5) is 4.26. The van der Waals surface area contributed by atoms with Crippen LogP contribution in [-0.2, 0) is 4.74 Å². The quantitative estimate of drug-likeness (QED) is 0.823. The Balaban J connectivity index is 1.82. The van der Waals surface area contributed by atoms with Gasteiger partial charge in [0, 0.05) is 5.75 Å². The van der Waals surface area contributed by atoms with E-state index in [1.807, 2.05) is 12.1 Å². The lowest BCUT2D eigenvalue weighted by Gasteiger charge is -2.18. The number of pyridine rings is 1. The Morgan fingerprint density at radius 3 is 2.94 bits per heavy atom. The Hall–Kier alpha value is -0.740. The fourth-order valence-electron chi connectivity index (χ4n) is 1.85. The minimum absolute atomic E-state index is 0.0553. The molecule has 0 bridgehead atoms. The maximum absolute atomic E-state index is 5.92. The van der Waals surface area contributed by atoms with Gasteiger partial charge in [0.25, 0.3) is 0 Å². The van der Waals surface area contributed by atoms with Crippen molar-refractivity contribution in [3.8, 4) is 0 Å². The highest BCUT2D eigenvalue weighted by Crippen LogP contribution is 2.32. The monoisotopic (exact) mass is 238 g/mol. The third-order valence-electron chi connectivity index (χ3n) is 2.73. The number of nitrogens with two attached hydrogens (primary N) is 1. The van der Waals surface area contributed by atoms with Crippen LogP contribution in [0.15, 0.2) is 23.4 Å². The number of nitrogen functional groups attached to an aromatic ring is 1. The van der Waals surface area contributed by atoms with Gasteiger partial charge in [0.2, 0.25) is 0 Å². The van der Waals surface area contributed by atoms with Crippen LogP contribution in [0.5, 0.6) is 0 Å². The van der Waals surface area contributed by atoms with Crippen molar-refractivity contribution in [2.24, 2.45) is 0 Å². The first-order chi connectivity index (χ1) is 7.55. The van der Waals surface area contributed by atoms with Crippen LogP contribution in [0.2, 0.25) is 0 Å². The minimum atomic E-state index is 0.0553. The number of hydrogen-bond donors (Lipinski definition) is 1. The van der Waals surface area contributed by atoms with Crippen LogP contribution in [0.25, 0.3) is 0 Å². The minimum Gasteiger partial charge on any atom is -0.397 e. The van der Waals surface area contributed by atoms with E-state index in [1.54, 1.807) is 18.0 Å². The molecule has 2 heterocycles. The summed E-state index contributed by atoms with van der Waals surface area (Å²) in [7, 11) is 0. The van der Waals surface area contributed by atoms with E-state index in [2.05, 4.69) is 18.8 Å². The number of aromatic nitrogens is 1. The summed E-state index contributed by atoms with van der Waals surface area (Å²) in [5, 5.41) is 1.02. The Kier molecular flexibility index (Phi) is 3.40. The van der Waals surface area contributed by atoms with E-state index < -0.39 is 0 Å². The SMILES string of the molecule is CC1(C)CCC(CSc2ccc(N)cn2)O1. The summed E-state index contributed by atoms with van der Waals surface area (Å²) in [6.45, 7) is 4.30. The molecule has 1 aromatic heterocycles. The molecule has 0 aliphatic carbocycles. The maximum atomic E-state index is 5.92. The normalized spacial score (nSPS) is 23.5. The average molecular weight is 238 g/mol. The van der Waals surface area contributed by atoms with Gasteiger partial charge in [-0.1, -0.05) is 0 Å². The molecule has 1 saturated heterocycles. The number of rotatable bonds is 3. The number of anilines is 1. The van der Waals surface area contributed by atoms with E-state index in [9.17, 15) is 0 Å². The van der Waals surface area contributed by atoms with Crippen LogP contribution in [0.4, 0.5) is 5.69 Å². The Labute approximate surface area is 101 Å². The molecular weight excluding hydrogens is 220 g/mol. The molecule has 16 heavy (non-hydrogen) atoms. The van der Waals surface area contributed by atoms with Gasteiger partial charge in [-0.05, 0) is 38.8 Å². The Bertz CT molecular complexity index is 351. The summed E-state index contributed by atoms with van der Waals surface area (Å²) in [5.74, 6) is 0.973. The second-order valence-electron chi connectivity index (χ2n) is 4.78. The van der Waals surface area contributed by atoms with Crippen molar-refractivity contribution in [1.82, 2.24) is 4.98 Å². The first kappa shape index (κ1) is 11.7. The van der Waals surface area contributed by atoms with Gasteiger partial charge in [-0.15, -0.1) is 11.8 Å². The molecular formula is C12H18N2OS. The molecule has 4 heteroatoms. The van der Waals surface area contributed by atoms with Crippen LogP contribution in [-0.4, -0.2) is 22.4 Å². The van der Waals surface area contributed by atoms with E-state index in [1.165, 1.54) is 0 Å². The third kappa shape index (κ3) is 3.12. The van der Waals surface area contributed by atoms with Crippen molar-refractivity contribution >= 4 is 17.4 Å². The van der Waals surface area contributed by atoms with Crippen molar-refractivity contribution in [2.75, 3.05) is 11.5 Å². The molecule has 1 unspecified atom stereocenters. The van der Waals surface area contributed by atoms with Crippen molar-refractivity contribution in [3.05, 3.63) is 18.3 Å². The van der Waals surface area contributed by atoms with Crippen molar-refractivity contribution < 1.29 is 4.74 Å². The van der Waals surface area contributed by atoms with E-state index in [0.717, 1.165) is 23.6 Å². The Morgan fingerprint density at radius 1 is 1.56 bits per heavy atom. The zero-order valence-corrected chi connectivity index (χ0v) is 10.6. The first-order valence-corrected chi connectivity index (χ1v) is 6.56. The molecule has 0 radical (unpaired) electrons. The smallest absolute Gasteiger partial charge is 0.0962 e. The Morgan fingerprint density at radius 2 is 2.38 bits per heavy atom. The molecule has 88 valence electrons. The van der Waals surface area contributed by atoms with E-state index >= 15 is 0 Å². The summed E-state index contributed by atoms with van der Waals surface area (Å²) in [5.41, 5.74) is 6.35. The van der Waals surface area contributed by atoms with Crippen molar-refractivity contribution in [2.45, 2.75) is 43.4 Å². The fourth-order valence-corrected chi connectivity index (χ4v) is 2.73. The van der Waals surface area contributed by atoms with Crippen LogP contribution in [0.1, 0.15) is 26.7 Å². The van der Waals surface area contributed by atoms with Crippen LogP contribution in [0, 0.1) is 0 Å². The molecule has 1 atom stereocenters. The van der Waals surface area contributed by atoms with Gasteiger partial charge >= 0.3 is 0 Å². The predicted octanol–water partition coefficient (Wildman–Crippen LogP) is 2.71. The van der Waals surface area contributed by atoms with E-state index in [-0.39, 0.29) is 5.60 Å². The molecule has 1 fully saturated rings. The van der Waals surface area contributed by atoms with Gasteiger partial charge in [0.1, 0.15) is 0 Å². The molecule has 3 nitrogen and oxygen atoms in total. The van der Waals surface area contributed by atoms with Gasteiger partial charge in [-0.2, -0.15) is 0 Å². The zero-order chi connectivity index (χ0) is 11.6. The number of ether oxygens (including phenoxy) is 1. The molecule has 1 aromatic rings. The van der Waals surface area contributed by atoms with Gasteiger partial charge < -0.3 is 10.5 Å². The predicted molar refractivity (Wildman–Crippen MR) is 67.6 cm³/mol. The van der Waals surface area contributed by atoms with Gasteiger partial charge in [0.05, 0.1) is 28.6 Å². The van der Waals surface area contributed by atoms with E-state index in [4.69, 9.17) is 10.5 Å². The highest BCUT2D eigenvalue weighted by Gasteiger charge is 2.31. The molecule has 1 aliphatic rings. The number of hydrogen-bond acceptors (Lipinski definition) is 4. The lowest BCUT2D eigenvalue weighted by atomic mass is 10.1. The highest BCUT2D eigenvalue weighted by molar-refractivity contribution is 7.99.